The highest BCUT2D eigenvalue weighted by atomic mass is 16.6. The number of hydrogen-bond acceptors (Lipinski definition) is 5. The molecule has 0 bridgehead atoms. The summed E-state index contributed by atoms with van der Waals surface area (Å²) in [5.74, 6) is -3.00. The second-order valence-corrected chi connectivity index (χ2v) is 6.51. The van der Waals surface area contributed by atoms with Crippen LogP contribution in [0.2, 0.25) is 0 Å². The van der Waals surface area contributed by atoms with Crippen LogP contribution in [0.4, 0.5) is 0 Å². The number of ether oxygens (including phenoxy) is 2. The standard InChI is InChI=1S/C18H24O6/c1-18(2,3)24-16(21)11-14(9-10-15(19)20)17(22)23-12-13-7-5-4-6-8-13/h4-8,14H,9-12H2,1-3H3,(H,19,20). The molecule has 0 aromatic heterocycles. The Hall–Kier alpha value is -2.37. The van der Waals surface area contributed by atoms with Gasteiger partial charge in [-0.25, -0.2) is 0 Å². The van der Waals surface area contributed by atoms with Crippen LogP contribution in [0.15, 0.2) is 30.3 Å². The number of benzene rings is 1. The maximum atomic E-state index is 12.2. The maximum absolute atomic E-state index is 12.2. The third-order valence-electron chi connectivity index (χ3n) is 3.10. The zero-order valence-corrected chi connectivity index (χ0v) is 14.3. The quantitative estimate of drug-likeness (QED) is 0.734. The molecule has 0 aliphatic carbocycles. The van der Waals surface area contributed by atoms with Crippen LogP contribution in [0.3, 0.4) is 0 Å². The van der Waals surface area contributed by atoms with Crippen LogP contribution < -0.4 is 0 Å². The number of carboxylic acids is 1. The lowest BCUT2D eigenvalue weighted by Gasteiger charge is -2.21. The van der Waals surface area contributed by atoms with Gasteiger partial charge in [-0.05, 0) is 32.8 Å². The Balaban J connectivity index is 2.64. The molecule has 1 unspecified atom stereocenters. The smallest absolute Gasteiger partial charge is 0.309 e. The van der Waals surface area contributed by atoms with Crippen molar-refractivity contribution >= 4 is 17.9 Å². The van der Waals surface area contributed by atoms with Gasteiger partial charge in [0, 0.05) is 6.42 Å². The van der Waals surface area contributed by atoms with Crippen molar-refractivity contribution in [2.75, 3.05) is 0 Å². The third-order valence-corrected chi connectivity index (χ3v) is 3.10. The first-order valence-electron chi connectivity index (χ1n) is 7.81. The minimum Gasteiger partial charge on any atom is -0.481 e. The Morgan fingerprint density at radius 1 is 1.12 bits per heavy atom. The lowest BCUT2D eigenvalue weighted by molar-refractivity contribution is -0.162. The molecule has 1 rings (SSSR count). The van der Waals surface area contributed by atoms with Crippen molar-refractivity contribution in [2.45, 2.75) is 52.2 Å². The normalized spacial score (nSPS) is 12.3. The van der Waals surface area contributed by atoms with Crippen molar-refractivity contribution in [1.82, 2.24) is 0 Å². The average molecular weight is 336 g/mol. The van der Waals surface area contributed by atoms with Crippen LogP contribution in [-0.2, 0) is 30.5 Å². The van der Waals surface area contributed by atoms with E-state index in [4.69, 9.17) is 14.6 Å². The lowest BCUT2D eigenvalue weighted by atomic mass is 9.99. The first kappa shape index (κ1) is 19.7. The lowest BCUT2D eigenvalue weighted by Crippen LogP contribution is -2.28. The topological polar surface area (TPSA) is 89.9 Å². The van der Waals surface area contributed by atoms with Crippen molar-refractivity contribution in [1.29, 1.82) is 0 Å². The Kier molecular flexibility index (Phi) is 7.42. The monoisotopic (exact) mass is 336 g/mol. The number of carbonyl (C=O) groups is 3. The molecule has 0 amide bonds. The van der Waals surface area contributed by atoms with Crippen LogP contribution in [0.25, 0.3) is 0 Å². The Morgan fingerprint density at radius 3 is 2.29 bits per heavy atom. The van der Waals surface area contributed by atoms with E-state index in [1.807, 2.05) is 30.3 Å². The van der Waals surface area contributed by atoms with Gasteiger partial charge in [-0.3, -0.25) is 14.4 Å². The second kappa shape index (κ2) is 9.05. The van der Waals surface area contributed by atoms with Crippen LogP contribution in [0.5, 0.6) is 0 Å². The van der Waals surface area contributed by atoms with Gasteiger partial charge < -0.3 is 14.6 Å². The van der Waals surface area contributed by atoms with Gasteiger partial charge in [0.15, 0.2) is 0 Å². The fraction of sp³-hybridized carbons (Fsp3) is 0.500. The number of aliphatic carboxylic acids is 1. The third kappa shape index (κ3) is 8.31. The minimum atomic E-state index is -1.03. The number of carboxylic acid groups (broad SMARTS) is 1. The molecular formula is C18H24O6. The fourth-order valence-corrected chi connectivity index (χ4v) is 2.03. The highest BCUT2D eigenvalue weighted by molar-refractivity contribution is 5.80. The predicted octanol–water partition coefficient (Wildman–Crippen LogP) is 2.94. The van der Waals surface area contributed by atoms with E-state index in [9.17, 15) is 14.4 Å². The van der Waals surface area contributed by atoms with Crippen molar-refractivity contribution in [3.63, 3.8) is 0 Å². The number of hydrogen-bond donors (Lipinski definition) is 1. The summed E-state index contributed by atoms with van der Waals surface area (Å²) in [6.45, 7) is 5.26. The molecular weight excluding hydrogens is 312 g/mol. The summed E-state index contributed by atoms with van der Waals surface area (Å²) in [6.07, 6.45) is -0.381. The second-order valence-electron chi connectivity index (χ2n) is 6.51. The summed E-state index contributed by atoms with van der Waals surface area (Å²) in [6, 6.07) is 9.13. The number of esters is 2. The SMILES string of the molecule is CC(C)(C)OC(=O)CC(CCC(=O)O)C(=O)OCc1ccccc1. The summed E-state index contributed by atoms with van der Waals surface area (Å²) in [7, 11) is 0. The van der Waals surface area contributed by atoms with Crippen molar-refractivity contribution in [3.05, 3.63) is 35.9 Å². The van der Waals surface area contributed by atoms with Gasteiger partial charge in [-0.1, -0.05) is 30.3 Å². The molecule has 0 heterocycles. The minimum absolute atomic E-state index is 0.0300. The van der Waals surface area contributed by atoms with E-state index >= 15 is 0 Å². The first-order valence-corrected chi connectivity index (χ1v) is 7.81. The van der Waals surface area contributed by atoms with Gasteiger partial charge in [-0.2, -0.15) is 0 Å². The van der Waals surface area contributed by atoms with Crippen LogP contribution in [0, 0.1) is 5.92 Å². The zero-order valence-electron chi connectivity index (χ0n) is 14.3. The molecule has 0 radical (unpaired) electrons. The van der Waals surface area contributed by atoms with Crippen molar-refractivity contribution in [2.24, 2.45) is 5.92 Å². The summed E-state index contributed by atoms with van der Waals surface area (Å²) in [4.78, 5) is 34.9. The molecule has 0 saturated carbocycles. The van der Waals surface area contributed by atoms with Gasteiger partial charge in [0.1, 0.15) is 12.2 Å². The molecule has 6 nitrogen and oxygen atoms in total. The Morgan fingerprint density at radius 2 is 1.75 bits per heavy atom. The first-order chi connectivity index (χ1) is 11.2. The molecule has 0 fully saturated rings. The predicted molar refractivity (Wildman–Crippen MR) is 87.1 cm³/mol. The molecule has 24 heavy (non-hydrogen) atoms. The highest BCUT2D eigenvalue weighted by Crippen LogP contribution is 2.18. The van der Waals surface area contributed by atoms with Crippen LogP contribution in [0.1, 0.15) is 45.6 Å². The van der Waals surface area contributed by atoms with Crippen molar-refractivity contribution in [3.8, 4) is 0 Å². The van der Waals surface area contributed by atoms with E-state index in [-0.39, 0.29) is 25.9 Å². The van der Waals surface area contributed by atoms with Gasteiger partial charge >= 0.3 is 17.9 Å². The molecule has 0 spiro atoms. The van der Waals surface area contributed by atoms with Crippen molar-refractivity contribution < 1.29 is 29.0 Å². The molecule has 0 aliphatic heterocycles. The van der Waals surface area contributed by atoms with Gasteiger partial charge in [0.2, 0.25) is 0 Å². The van der Waals surface area contributed by atoms with E-state index in [0.29, 0.717) is 0 Å². The molecule has 1 aromatic rings. The molecule has 0 aliphatic rings. The van der Waals surface area contributed by atoms with Gasteiger partial charge in [-0.15, -0.1) is 0 Å². The Bertz CT molecular complexity index is 559. The molecule has 1 aromatic carbocycles. The summed E-state index contributed by atoms with van der Waals surface area (Å²) >= 11 is 0. The fourth-order valence-electron chi connectivity index (χ4n) is 2.03. The van der Waals surface area contributed by atoms with Gasteiger partial charge in [0.25, 0.3) is 0 Å². The molecule has 6 heteroatoms. The van der Waals surface area contributed by atoms with Crippen LogP contribution in [-0.4, -0.2) is 28.6 Å². The van der Waals surface area contributed by atoms with E-state index < -0.39 is 29.4 Å². The van der Waals surface area contributed by atoms with E-state index in [0.717, 1.165) is 5.56 Å². The molecule has 1 N–H and O–H groups in total. The zero-order chi connectivity index (χ0) is 18.2. The van der Waals surface area contributed by atoms with Gasteiger partial charge in [0.05, 0.1) is 12.3 Å². The molecule has 132 valence electrons. The van der Waals surface area contributed by atoms with E-state index in [2.05, 4.69) is 0 Å². The highest BCUT2D eigenvalue weighted by Gasteiger charge is 2.27. The summed E-state index contributed by atoms with van der Waals surface area (Å²) in [5.41, 5.74) is 0.155. The Labute approximate surface area is 141 Å². The average Bonchev–Trinajstić information content (AvgIpc) is 2.48. The number of rotatable bonds is 8. The van der Waals surface area contributed by atoms with Crippen LogP contribution >= 0.6 is 0 Å². The largest absolute Gasteiger partial charge is 0.481 e. The number of carbonyl (C=O) groups excluding carboxylic acids is 2. The molecule has 0 saturated heterocycles. The summed E-state index contributed by atoms with van der Waals surface area (Å²) < 4.78 is 10.4. The maximum Gasteiger partial charge on any atom is 0.309 e. The summed E-state index contributed by atoms with van der Waals surface area (Å²) in [5, 5.41) is 8.80. The van der Waals surface area contributed by atoms with E-state index in [1.54, 1.807) is 20.8 Å². The van der Waals surface area contributed by atoms with E-state index in [1.165, 1.54) is 0 Å². The molecule has 1 atom stereocenters.